The van der Waals surface area contributed by atoms with Crippen LogP contribution < -0.4 is 5.73 Å². The van der Waals surface area contributed by atoms with Crippen LogP contribution in [-0.2, 0) is 0 Å². The summed E-state index contributed by atoms with van der Waals surface area (Å²) in [4.78, 5) is 0. The van der Waals surface area contributed by atoms with Crippen LogP contribution in [0.4, 0.5) is 0 Å². The van der Waals surface area contributed by atoms with Crippen molar-refractivity contribution in [3.63, 3.8) is 0 Å². The minimum atomic E-state index is 0. The number of phenolic OH excluding ortho intramolecular Hbond substituents is 1. The van der Waals surface area contributed by atoms with Gasteiger partial charge >= 0.3 is 0 Å². The molecule has 4 heteroatoms. The second-order valence-electron chi connectivity index (χ2n) is 3.57. The summed E-state index contributed by atoms with van der Waals surface area (Å²) in [5.74, 6) is 0.731. The van der Waals surface area contributed by atoms with Gasteiger partial charge in [-0.15, -0.1) is 12.4 Å². The lowest BCUT2D eigenvalue weighted by Gasteiger charge is -2.10. The number of aromatic hydroxyl groups is 1. The molecule has 14 heavy (non-hydrogen) atoms. The molecule has 1 aliphatic rings. The molecule has 0 saturated heterocycles. The van der Waals surface area contributed by atoms with Gasteiger partial charge in [0, 0.05) is 6.04 Å². The van der Waals surface area contributed by atoms with Crippen molar-refractivity contribution in [3.05, 3.63) is 28.8 Å². The lowest BCUT2D eigenvalue weighted by atomic mass is 10.0. The first-order valence-corrected chi connectivity index (χ1v) is 4.80. The molecule has 0 radical (unpaired) electrons. The van der Waals surface area contributed by atoms with Gasteiger partial charge in [0.15, 0.2) is 0 Å². The topological polar surface area (TPSA) is 46.2 Å². The largest absolute Gasteiger partial charge is 0.506 e. The molecule has 0 heterocycles. The van der Waals surface area contributed by atoms with Gasteiger partial charge in [-0.05, 0) is 36.5 Å². The summed E-state index contributed by atoms with van der Waals surface area (Å²) >= 11 is 5.78. The van der Waals surface area contributed by atoms with Gasteiger partial charge in [0.25, 0.3) is 0 Å². The second kappa shape index (κ2) is 4.39. The summed E-state index contributed by atoms with van der Waals surface area (Å²) in [6.45, 7) is 0. The van der Waals surface area contributed by atoms with Gasteiger partial charge in [-0.25, -0.2) is 0 Å². The van der Waals surface area contributed by atoms with E-state index >= 15 is 0 Å². The first-order valence-electron chi connectivity index (χ1n) is 4.42. The number of hydrogen-bond acceptors (Lipinski definition) is 2. The van der Waals surface area contributed by atoms with Crippen LogP contribution in [0.3, 0.4) is 0 Å². The molecule has 1 atom stereocenters. The Labute approximate surface area is 94.5 Å². The zero-order valence-corrected chi connectivity index (χ0v) is 9.18. The summed E-state index contributed by atoms with van der Waals surface area (Å²) in [5.41, 5.74) is 7.00. The third-order valence-corrected chi connectivity index (χ3v) is 2.79. The summed E-state index contributed by atoms with van der Waals surface area (Å²) in [6.07, 6.45) is 2.42. The molecule has 1 fully saturated rings. The predicted octanol–water partition coefficient (Wildman–Crippen LogP) is 2.88. The van der Waals surface area contributed by atoms with Crippen molar-refractivity contribution >= 4 is 24.0 Å². The molecule has 1 saturated carbocycles. The molecule has 0 unspecified atom stereocenters. The van der Waals surface area contributed by atoms with E-state index in [4.69, 9.17) is 17.3 Å². The summed E-state index contributed by atoms with van der Waals surface area (Å²) in [7, 11) is 0. The fourth-order valence-electron chi connectivity index (χ4n) is 1.46. The van der Waals surface area contributed by atoms with Crippen LogP contribution in [-0.4, -0.2) is 5.11 Å². The van der Waals surface area contributed by atoms with Gasteiger partial charge in [0.2, 0.25) is 0 Å². The molecule has 0 amide bonds. The molecule has 0 aromatic heterocycles. The molecule has 1 aliphatic carbocycles. The first kappa shape index (κ1) is 11.6. The monoisotopic (exact) mass is 233 g/mol. The van der Waals surface area contributed by atoms with Crippen molar-refractivity contribution in [2.24, 2.45) is 11.7 Å². The third-order valence-electron chi connectivity index (χ3n) is 2.49. The summed E-state index contributed by atoms with van der Waals surface area (Å²) in [5, 5.41) is 9.59. The zero-order valence-electron chi connectivity index (χ0n) is 7.61. The molecule has 2 nitrogen and oxygen atoms in total. The van der Waals surface area contributed by atoms with Crippen molar-refractivity contribution in [2.75, 3.05) is 0 Å². The van der Waals surface area contributed by atoms with Gasteiger partial charge < -0.3 is 10.8 Å². The maximum absolute atomic E-state index is 9.21. The Balaban J connectivity index is 0.000000980. The lowest BCUT2D eigenvalue weighted by molar-refractivity contribution is 0.475. The molecule has 0 aliphatic heterocycles. The molecular formula is C10H13Cl2NO. The van der Waals surface area contributed by atoms with Crippen molar-refractivity contribution in [2.45, 2.75) is 18.9 Å². The highest BCUT2D eigenvalue weighted by atomic mass is 35.5. The van der Waals surface area contributed by atoms with E-state index in [1.54, 1.807) is 12.1 Å². The first-order chi connectivity index (χ1) is 6.18. The van der Waals surface area contributed by atoms with Crippen LogP contribution in [0.15, 0.2) is 18.2 Å². The maximum atomic E-state index is 9.21. The molecular weight excluding hydrogens is 221 g/mol. The molecule has 2 rings (SSSR count). The quantitative estimate of drug-likeness (QED) is 0.826. The Bertz CT molecular complexity index is 326. The van der Waals surface area contributed by atoms with Crippen LogP contribution in [0.1, 0.15) is 24.4 Å². The Hall–Kier alpha value is -0.440. The average molecular weight is 234 g/mol. The van der Waals surface area contributed by atoms with Gasteiger partial charge in [0.1, 0.15) is 5.75 Å². The van der Waals surface area contributed by atoms with Crippen molar-refractivity contribution in [1.82, 2.24) is 0 Å². The van der Waals surface area contributed by atoms with Gasteiger partial charge in [-0.1, -0.05) is 17.7 Å². The lowest BCUT2D eigenvalue weighted by Crippen LogP contribution is -2.11. The number of benzene rings is 1. The van der Waals surface area contributed by atoms with Gasteiger partial charge in [-0.3, -0.25) is 0 Å². The minimum absolute atomic E-state index is 0. The van der Waals surface area contributed by atoms with Crippen LogP contribution >= 0.6 is 24.0 Å². The molecule has 3 N–H and O–H groups in total. The fraction of sp³-hybridized carbons (Fsp3) is 0.400. The normalized spacial score (nSPS) is 17.3. The Morgan fingerprint density at radius 3 is 2.57 bits per heavy atom. The van der Waals surface area contributed by atoms with Crippen molar-refractivity contribution in [3.8, 4) is 5.75 Å². The van der Waals surface area contributed by atoms with E-state index in [0.717, 1.165) is 5.56 Å². The van der Waals surface area contributed by atoms with E-state index in [0.29, 0.717) is 10.9 Å². The standard InChI is InChI=1S/C10H12ClNO.ClH/c11-8-5-7(3-4-9(8)13)10(12)6-1-2-6;/h3-6,10,13H,1-2,12H2;1H/t10-;/m0./s1. The highest BCUT2D eigenvalue weighted by molar-refractivity contribution is 6.32. The Morgan fingerprint density at radius 1 is 1.43 bits per heavy atom. The summed E-state index contributed by atoms with van der Waals surface area (Å²) in [6, 6.07) is 5.27. The highest BCUT2D eigenvalue weighted by Crippen LogP contribution is 2.40. The summed E-state index contributed by atoms with van der Waals surface area (Å²) < 4.78 is 0. The van der Waals surface area contributed by atoms with Crippen LogP contribution in [0.25, 0.3) is 0 Å². The maximum Gasteiger partial charge on any atom is 0.134 e. The van der Waals surface area contributed by atoms with E-state index in [1.165, 1.54) is 12.8 Å². The Kier molecular flexibility index (Phi) is 3.65. The number of nitrogens with two attached hydrogens (primary N) is 1. The smallest absolute Gasteiger partial charge is 0.134 e. The van der Waals surface area contributed by atoms with Crippen LogP contribution in [0, 0.1) is 5.92 Å². The Morgan fingerprint density at radius 2 is 2.07 bits per heavy atom. The molecule has 0 bridgehead atoms. The average Bonchev–Trinajstić information content (AvgIpc) is 2.91. The van der Waals surface area contributed by atoms with E-state index in [9.17, 15) is 5.11 Å². The minimum Gasteiger partial charge on any atom is -0.506 e. The fourth-order valence-corrected chi connectivity index (χ4v) is 1.65. The molecule has 78 valence electrons. The predicted molar refractivity (Wildman–Crippen MR) is 60.0 cm³/mol. The zero-order chi connectivity index (χ0) is 9.42. The molecule has 1 aromatic carbocycles. The van der Waals surface area contributed by atoms with E-state index < -0.39 is 0 Å². The van der Waals surface area contributed by atoms with Gasteiger partial charge in [0.05, 0.1) is 5.02 Å². The second-order valence-corrected chi connectivity index (χ2v) is 3.98. The number of phenols is 1. The number of halogens is 2. The van der Waals surface area contributed by atoms with E-state index in [2.05, 4.69) is 0 Å². The van der Waals surface area contributed by atoms with Crippen molar-refractivity contribution in [1.29, 1.82) is 0 Å². The van der Waals surface area contributed by atoms with Crippen LogP contribution in [0.2, 0.25) is 5.02 Å². The highest BCUT2D eigenvalue weighted by Gasteiger charge is 2.29. The van der Waals surface area contributed by atoms with Gasteiger partial charge in [-0.2, -0.15) is 0 Å². The van der Waals surface area contributed by atoms with Crippen LogP contribution in [0.5, 0.6) is 5.75 Å². The number of rotatable bonds is 2. The molecule has 0 spiro atoms. The number of hydrogen-bond donors (Lipinski definition) is 2. The van der Waals surface area contributed by atoms with E-state index in [-0.39, 0.29) is 24.2 Å². The van der Waals surface area contributed by atoms with Crippen molar-refractivity contribution < 1.29 is 5.11 Å². The molecule has 1 aromatic rings. The SMILES string of the molecule is Cl.N[C@H](c1ccc(O)c(Cl)c1)C1CC1. The third kappa shape index (κ3) is 2.32. The van der Waals surface area contributed by atoms with E-state index in [1.807, 2.05) is 6.07 Å².